The summed E-state index contributed by atoms with van der Waals surface area (Å²) in [6.45, 7) is 5.95. The summed E-state index contributed by atoms with van der Waals surface area (Å²) in [6, 6.07) is 4.11. The maximum absolute atomic E-state index is 6.05. The molecule has 1 fully saturated rings. The van der Waals surface area contributed by atoms with E-state index in [4.69, 9.17) is 11.6 Å². The zero-order valence-corrected chi connectivity index (χ0v) is 13.5. The van der Waals surface area contributed by atoms with Crippen molar-refractivity contribution in [1.82, 2.24) is 19.5 Å². The van der Waals surface area contributed by atoms with Crippen LogP contribution in [0.25, 0.3) is 0 Å². The van der Waals surface area contributed by atoms with Crippen LogP contribution < -0.4 is 5.32 Å². The van der Waals surface area contributed by atoms with Crippen molar-refractivity contribution < 1.29 is 0 Å². The molecule has 21 heavy (non-hydrogen) atoms. The Morgan fingerprint density at radius 1 is 1.48 bits per heavy atom. The van der Waals surface area contributed by atoms with Gasteiger partial charge in [0, 0.05) is 37.4 Å². The van der Waals surface area contributed by atoms with Gasteiger partial charge in [-0.05, 0) is 37.4 Å². The topological polar surface area (TPSA) is 53.9 Å². The summed E-state index contributed by atoms with van der Waals surface area (Å²) in [6.07, 6.45) is 3.08. The van der Waals surface area contributed by atoms with Crippen molar-refractivity contribution in [3.05, 3.63) is 33.9 Å². The molecule has 1 aliphatic rings. The number of aromatic nitrogens is 3. The van der Waals surface area contributed by atoms with Gasteiger partial charge >= 0.3 is 0 Å². The number of likely N-dealkylation sites (tertiary alicyclic amines) is 1. The number of nitrogens with one attached hydrogen (secondary N) is 1. The van der Waals surface area contributed by atoms with Gasteiger partial charge in [0.2, 0.25) is 0 Å². The molecule has 1 atom stereocenters. The summed E-state index contributed by atoms with van der Waals surface area (Å²) in [5.41, 5.74) is 2.08. The highest BCUT2D eigenvalue weighted by Crippen LogP contribution is 2.23. The molecule has 0 aliphatic carbocycles. The number of hydrogen-bond donors (Lipinski definition) is 1. The molecule has 0 amide bonds. The summed E-state index contributed by atoms with van der Waals surface area (Å²) in [7, 11) is 0. The maximum Gasteiger partial charge on any atom is 0.138 e. The summed E-state index contributed by atoms with van der Waals surface area (Å²) < 4.78 is 4.59. The summed E-state index contributed by atoms with van der Waals surface area (Å²) in [4.78, 5) is 6.76. The molecule has 112 valence electrons. The fourth-order valence-electron chi connectivity index (χ4n) is 2.55. The van der Waals surface area contributed by atoms with Gasteiger partial charge in [-0.1, -0.05) is 22.2 Å². The van der Waals surface area contributed by atoms with Crippen LogP contribution in [-0.2, 0) is 6.54 Å². The number of pyridine rings is 1. The Balaban J connectivity index is 1.46. The number of hydrogen-bond acceptors (Lipinski definition) is 6. The summed E-state index contributed by atoms with van der Waals surface area (Å²) in [5.74, 6) is 1.59. The lowest BCUT2D eigenvalue weighted by molar-refractivity contribution is 0.315. The van der Waals surface area contributed by atoms with E-state index < -0.39 is 0 Å². The van der Waals surface area contributed by atoms with Gasteiger partial charge in [-0.25, -0.2) is 4.98 Å². The Bertz CT molecular complexity index is 585. The van der Waals surface area contributed by atoms with E-state index in [-0.39, 0.29) is 0 Å². The quantitative estimate of drug-likeness (QED) is 0.917. The molecule has 7 heteroatoms. The molecule has 0 unspecified atom stereocenters. The van der Waals surface area contributed by atoms with Crippen LogP contribution in [0.1, 0.15) is 17.7 Å². The fraction of sp³-hybridized carbons (Fsp3) is 0.500. The summed E-state index contributed by atoms with van der Waals surface area (Å²) in [5, 5.41) is 7.49. The lowest BCUT2D eigenvalue weighted by atomic mass is 10.1. The molecule has 1 saturated heterocycles. The molecule has 0 spiro atoms. The van der Waals surface area contributed by atoms with Crippen molar-refractivity contribution in [2.24, 2.45) is 5.92 Å². The van der Waals surface area contributed by atoms with Crippen LogP contribution in [0.3, 0.4) is 0 Å². The monoisotopic (exact) mass is 323 g/mol. The average molecular weight is 324 g/mol. The second-order valence-electron chi connectivity index (χ2n) is 5.48. The Labute approximate surface area is 133 Å². The first-order valence-electron chi connectivity index (χ1n) is 7.06. The highest BCUT2D eigenvalue weighted by Gasteiger charge is 2.23. The van der Waals surface area contributed by atoms with E-state index in [0.717, 1.165) is 37.7 Å². The van der Waals surface area contributed by atoms with Crippen molar-refractivity contribution in [2.45, 2.75) is 19.9 Å². The van der Waals surface area contributed by atoms with E-state index in [1.807, 2.05) is 19.2 Å². The van der Waals surface area contributed by atoms with Gasteiger partial charge in [0.05, 0.1) is 0 Å². The van der Waals surface area contributed by atoms with E-state index in [9.17, 15) is 0 Å². The second kappa shape index (κ2) is 6.68. The normalized spacial score (nSPS) is 19.0. The van der Waals surface area contributed by atoms with Gasteiger partial charge < -0.3 is 5.32 Å². The van der Waals surface area contributed by atoms with E-state index in [1.165, 1.54) is 23.5 Å². The van der Waals surface area contributed by atoms with Gasteiger partial charge in [0.15, 0.2) is 0 Å². The smallest absolute Gasteiger partial charge is 0.138 e. The second-order valence-corrected chi connectivity index (χ2v) is 6.84. The zero-order chi connectivity index (χ0) is 14.7. The van der Waals surface area contributed by atoms with Crippen LogP contribution in [0, 0.1) is 12.8 Å². The Kier molecular flexibility index (Phi) is 4.67. The first kappa shape index (κ1) is 14.7. The van der Waals surface area contributed by atoms with Gasteiger partial charge in [-0.15, -0.1) is 5.10 Å². The van der Waals surface area contributed by atoms with E-state index in [2.05, 4.69) is 30.9 Å². The summed E-state index contributed by atoms with van der Waals surface area (Å²) >= 11 is 7.31. The molecule has 2 aromatic rings. The largest absolute Gasteiger partial charge is 0.370 e. The standard InChI is InChI=1S/C14H18ClN5S/c1-10-2-3-13(16-6-10)17-7-11-4-5-20(8-11)9-12-14(15)21-19-18-12/h2-3,6,11H,4-5,7-9H2,1H3,(H,16,17)/t11-/m1/s1. The van der Waals surface area contributed by atoms with Crippen molar-refractivity contribution in [3.63, 3.8) is 0 Å². The average Bonchev–Trinajstić information content (AvgIpc) is 3.09. The predicted molar refractivity (Wildman–Crippen MR) is 85.8 cm³/mol. The highest BCUT2D eigenvalue weighted by molar-refractivity contribution is 7.10. The molecule has 5 nitrogen and oxygen atoms in total. The highest BCUT2D eigenvalue weighted by atomic mass is 35.5. The van der Waals surface area contributed by atoms with Crippen LogP contribution in [0.5, 0.6) is 0 Å². The van der Waals surface area contributed by atoms with Crippen LogP contribution >= 0.6 is 23.1 Å². The Morgan fingerprint density at radius 3 is 3.10 bits per heavy atom. The molecule has 1 N–H and O–H groups in total. The van der Waals surface area contributed by atoms with Crippen LogP contribution in [0.2, 0.25) is 4.34 Å². The minimum absolute atomic E-state index is 0.637. The van der Waals surface area contributed by atoms with E-state index in [1.54, 1.807) is 0 Å². The Morgan fingerprint density at radius 2 is 2.38 bits per heavy atom. The van der Waals surface area contributed by atoms with Gasteiger partial charge in [0.1, 0.15) is 15.8 Å². The first-order chi connectivity index (χ1) is 10.2. The van der Waals surface area contributed by atoms with Crippen LogP contribution in [0.4, 0.5) is 5.82 Å². The van der Waals surface area contributed by atoms with Crippen molar-refractivity contribution in [3.8, 4) is 0 Å². The fourth-order valence-corrected chi connectivity index (χ4v) is 3.16. The van der Waals surface area contributed by atoms with Crippen LogP contribution in [0.15, 0.2) is 18.3 Å². The predicted octanol–water partition coefficient (Wildman–Crippen LogP) is 2.83. The maximum atomic E-state index is 6.05. The third-order valence-corrected chi connectivity index (χ3v) is 4.72. The zero-order valence-electron chi connectivity index (χ0n) is 11.9. The molecule has 3 heterocycles. The number of halogens is 1. The molecule has 0 bridgehead atoms. The number of nitrogens with zero attached hydrogens (tertiary/aromatic N) is 4. The van der Waals surface area contributed by atoms with Crippen molar-refractivity contribution in [2.75, 3.05) is 25.0 Å². The SMILES string of the molecule is Cc1ccc(NC[C@H]2CCN(Cc3nnsc3Cl)C2)nc1. The minimum atomic E-state index is 0.637. The van der Waals surface area contributed by atoms with Gasteiger partial charge in [-0.3, -0.25) is 4.90 Å². The molecule has 0 aromatic carbocycles. The third kappa shape index (κ3) is 3.90. The molecule has 2 aromatic heterocycles. The lowest BCUT2D eigenvalue weighted by Crippen LogP contribution is -2.23. The van der Waals surface area contributed by atoms with Crippen molar-refractivity contribution >= 4 is 29.0 Å². The number of aryl methyl sites for hydroxylation is 1. The number of anilines is 1. The van der Waals surface area contributed by atoms with Gasteiger partial charge in [-0.2, -0.15) is 0 Å². The molecular weight excluding hydrogens is 306 g/mol. The van der Waals surface area contributed by atoms with Gasteiger partial charge in [0.25, 0.3) is 0 Å². The number of rotatable bonds is 5. The molecule has 0 radical (unpaired) electrons. The lowest BCUT2D eigenvalue weighted by Gasteiger charge is -2.15. The van der Waals surface area contributed by atoms with E-state index >= 15 is 0 Å². The molecular formula is C14H18ClN5S. The first-order valence-corrected chi connectivity index (χ1v) is 8.21. The molecule has 1 aliphatic heterocycles. The Hall–Kier alpha value is -1.24. The van der Waals surface area contributed by atoms with E-state index in [0.29, 0.717) is 10.3 Å². The molecule has 0 saturated carbocycles. The molecule has 3 rings (SSSR count). The minimum Gasteiger partial charge on any atom is -0.370 e. The third-order valence-electron chi connectivity index (χ3n) is 3.74. The van der Waals surface area contributed by atoms with Crippen molar-refractivity contribution in [1.29, 1.82) is 0 Å². The van der Waals surface area contributed by atoms with Crippen LogP contribution in [-0.4, -0.2) is 39.1 Å².